The van der Waals surface area contributed by atoms with E-state index in [9.17, 15) is 9.59 Å². The summed E-state index contributed by atoms with van der Waals surface area (Å²) in [6.45, 7) is 5.63. The van der Waals surface area contributed by atoms with Gasteiger partial charge in [0.2, 0.25) is 5.91 Å². The van der Waals surface area contributed by atoms with Gasteiger partial charge in [-0.2, -0.15) is 0 Å². The van der Waals surface area contributed by atoms with E-state index in [2.05, 4.69) is 43.0 Å². The van der Waals surface area contributed by atoms with E-state index in [1.54, 1.807) is 0 Å². The summed E-state index contributed by atoms with van der Waals surface area (Å²) in [4.78, 5) is 31.7. The predicted octanol–water partition coefficient (Wildman–Crippen LogP) is 4.89. The molecule has 2 heterocycles. The van der Waals surface area contributed by atoms with Gasteiger partial charge in [0.1, 0.15) is 0 Å². The summed E-state index contributed by atoms with van der Waals surface area (Å²) in [6, 6.07) is 17.9. The highest BCUT2D eigenvalue weighted by molar-refractivity contribution is 6.30. The van der Waals surface area contributed by atoms with E-state index < -0.39 is 0 Å². The molecule has 2 aromatic carbocycles. The van der Waals surface area contributed by atoms with Crippen molar-refractivity contribution in [2.75, 3.05) is 13.1 Å². The van der Waals surface area contributed by atoms with Crippen LogP contribution in [-0.4, -0.2) is 58.7 Å². The SMILES string of the molecule is CC(C)C[C@H](C(=O)CCc1cccc(Cl)c1)N1CCC(CCc2ccccc2)N2C[C@H](N)C[C@H]2C1=O. The molecule has 0 aromatic heterocycles. The second-order valence-electron chi connectivity index (χ2n) is 10.9. The fourth-order valence-electron chi connectivity index (χ4n) is 5.90. The molecular weight excluding hydrogens is 470 g/mol. The van der Waals surface area contributed by atoms with Crippen LogP contribution in [0.4, 0.5) is 0 Å². The van der Waals surface area contributed by atoms with Gasteiger partial charge in [-0.15, -0.1) is 0 Å². The maximum absolute atomic E-state index is 13.9. The van der Waals surface area contributed by atoms with Gasteiger partial charge in [-0.1, -0.05) is 67.9 Å². The molecule has 0 aliphatic carbocycles. The molecule has 194 valence electrons. The van der Waals surface area contributed by atoms with E-state index in [1.807, 2.05) is 35.2 Å². The molecule has 5 nitrogen and oxygen atoms in total. The second kappa shape index (κ2) is 12.4. The zero-order valence-corrected chi connectivity index (χ0v) is 22.4. The number of hydrogen-bond acceptors (Lipinski definition) is 4. The van der Waals surface area contributed by atoms with Gasteiger partial charge in [0.05, 0.1) is 12.1 Å². The number of carbonyl (C=O) groups is 2. The van der Waals surface area contributed by atoms with Gasteiger partial charge in [-0.3, -0.25) is 14.5 Å². The third-order valence-corrected chi connectivity index (χ3v) is 7.95. The number of nitrogens with two attached hydrogens (primary N) is 1. The quantitative estimate of drug-likeness (QED) is 0.495. The van der Waals surface area contributed by atoms with Crippen molar-refractivity contribution < 1.29 is 9.59 Å². The number of carbonyl (C=O) groups excluding carboxylic acids is 2. The van der Waals surface area contributed by atoms with Gasteiger partial charge in [-0.25, -0.2) is 0 Å². The Morgan fingerprint density at radius 1 is 1.08 bits per heavy atom. The first-order valence-electron chi connectivity index (χ1n) is 13.4. The Bertz CT molecular complexity index is 1030. The molecule has 0 spiro atoms. The minimum Gasteiger partial charge on any atom is -0.331 e. The Morgan fingerprint density at radius 3 is 2.56 bits per heavy atom. The Balaban J connectivity index is 1.50. The molecule has 1 amide bonds. The first-order chi connectivity index (χ1) is 17.3. The molecule has 2 N–H and O–H groups in total. The highest BCUT2D eigenvalue weighted by Gasteiger charge is 2.45. The number of ketones is 1. The summed E-state index contributed by atoms with van der Waals surface area (Å²) < 4.78 is 0. The second-order valence-corrected chi connectivity index (χ2v) is 11.4. The third-order valence-electron chi connectivity index (χ3n) is 7.71. The molecule has 2 aromatic rings. The molecule has 36 heavy (non-hydrogen) atoms. The van der Waals surface area contributed by atoms with Crippen molar-refractivity contribution in [1.29, 1.82) is 0 Å². The number of Topliss-reactive ketones (excluding diaryl/α,β-unsaturated/α-hetero) is 1. The van der Waals surface area contributed by atoms with Crippen LogP contribution in [0.25, 0.3) is 0 Å². The average Bonchev–Trinajstić information content (AvgIpc) is 3.20. The number of halogens is 1. The number of benzene rings is 2. The van der Waals surface area contributed by atoms with Gasteiger partial charge in [0.25, 0.3) is 0 Å². The lowest BCUT2D eigenvalue weighted by molar-refractivity contribution is -0.142. The topological polar surface area (TPSA) is 66.6 Å². The molecule has 0 saturated carbocycles. The Kier molecular flexibility index (Phi) is 9.21. The lowest BCUT2D eigenvalue weighted by Crippen LogP contribution is -2.51. The number of nitrogens with zero attached hydrogens (tertiary/aromatic N) is 2. The van der Waals surface area contributed by atoms with Crippen molar-refractivity contribution in [2.45, 2.75) is 83.0 Å². The molecule has 4 rings (SSSR count). The summed E-state index contributed by atoms with van der Waals surface area (Å²) in [5.41, 5.74) is 8.74. The molecule has 0 bridgehead atoms. The number of fused-ring (bicyclic) bond motifs is 1. The highest BCUT2D eigenvalue weighted by Crippen LogP contribution is 2.31. The maximum atomic E-state index is 13.9. The number of amides is 1. The monoisotopic (exact) mass is 509 g/mol. The van der Waals surface area contributed by atoms with Crippen LogP contribution < -0.4 is 5.73 Å². The molecule has 4 atom stereocenters. The fraction of sp³-hybridized carbons (Fsp3) is 0.533. The summed E-state index contributed by atoms with van der Waals surface area (Å²) in [5, 5.41) is 0.681. The molecular formula is C30H40ClN3O2. The minimum atomic E-state index is -0.386. The molecule has 0 radical (unpaired) electrons. The van der Waals surface area contributed by atoms with Crippen LogP contribution in [-0.2, 0) is 22.4 Å². The van der Waals surface area contributed by atoms with E-state index in [4.69, 9.17) is 17.3 Å². The standard InChI is InChI=1S/C30H40ClN3O2/c1-21(2)17-27(29(35)14-12-23-9-6-10-24(31)18-23)33-16-15-26(13-11-22-7-4-3-5-8-22)34-20-25(32)19-28(34)30(33)36/h3-10,18,21,25-28H,11-17,19-20,32H2,1-2H3/t25-,26?,27-,28+/m1/s1. The van der Waals surface area contributed by atoms with Gasteiger partial charge in [0.15, 0.2) is 5.78 Å². The van der Waals surface area contributed by atoms with Gasteiger partial charge in [0, 0.05) is 36.6 Å². The van der Waals surface area contributed by atoms with Crippen LogP contribution in [0.5, 0.6) is 0 Å². The van der Waals surface area contributed by atoms with Crippen LogP contribution in [0.2, 0.25) is 5.02 Å². The normalized spacial score (nSPS) is 23.5. The summed E-state index contributed by atoms with van der Waals surface area (Å²) >= 11 is 6.14. The van der Waals surface area contributed by atoms with E-state index in [0.717, 1.165) is 31.4 Å². The van der Waals surface area contributed by atoms with Crippen LogP contribution in [0, 0.1) is 5.92 Å². The Hall–Kier alpha value is -2.21. The Morgan fingerprint density at radius 2 is 1.83 bits per heavy atom. The van der Waals surface area contributed by atoms with Crippen LogP contribution in [0.3, 0.4) is 0 Å². The first kappa shape index (κ1) is 26.8. The van der Waals surface area contributed by atoms with Crippen molar-refractivity contribution in [1.82, 2.24) is 9.80 Å². The molecule has 2 saturated heterocycles. The van der Waals surface area contributed by atoms with Crippen molar-refractivity contribution >= 4 is 23.3 Å². The number of aryl methyl sites for hydroxylation is 2. The van der Waals surface area contributed by atoms with E-state index in [1.165, 1.54) is 5.56 Å². The average molecular weight is 510 g/mol. The summed E-state index contributed by atoms with van der Waals surface area (Å²) in [6.07, 6.45) is 5.24. The largest absolute Gasteiger partial charge is 0.331 e. The highest BCUT2D eigenvalue weighted by atomic mass is 35.5. The number of hydrogen-bond donors (Lipinski definition) is 1. The van der Waals surface area contributed by atoms with Crippen LogP contribution >= 0.6 is 11.6 Å². The van der Waals surface area contributed by atoms with Crippen LogP contribution in [0.1, 0.15) is 57.1 Å². The van der Waals surface area contributed by atoms with E-state index in [0.29, 0.717) is 49.2 Å². The molecule has 2 aliphatic rings. The fourth-order valence-corrected chi connectivity index (χ4v) is 6.11. The Labute approximate surface area is 221 Å². The molecule has 6 heteroatoms. The third kappa shape index (κ3) is 6.76. The van der Waals surface area contributed by atoms with E-state index >= 15 is 0 Å². The maximum Gasteiger partial charge on any atom is 0.240 e. The van der Waals surface area contributed by atoms with Gasteiger partial charge < -0.3 is 10.6 Å². The minimum absolute atomic E-state index is 0.000190. The molecule has 1 unspecified atom stereocenters. The summed E-state index contributed by atoms with van der Waals surface area (Å²) in [7, 11) is 0. The zero-order valence-electron chi connectivity index (χ0n) is 21.6. The van der Waals surface area contributed by atoms with Gasteiger partial charge in [-0.05, 0) is 67.7 Å². The van der Waals surface area contributed by atoms with Crippen LogP contribution in [0.15, 0.2) is 54.6 Å². The van der Waals surface area contributed by atoms with Crippen molar-refractivity contribution in [3.8, 4) is 0 Å². The number of rotatable bonds is 10. The zero-order chi connectivity index (χ0) is 25.7. The van der Waals surface area contributed by atoms with E-state index in [-0.39, 0.29) is 29.8 Å². The lowest BCUT2D eigenvalue weighted by Gasteiger charge is -2.33. The molecule has 2 fully saturated rings. The van der Waals surface area contributed by atoms with Crippen molar-refractivity contribution in [2.24, 2.45) is 11.7 Å². The first-order valence-corrected chi connectivity index (χ1v) is 13.8. The smallest absolute Gasteiger partial charge is 0.240 e. The predicted molar refractivity (Wildman–Crippen MR) is 146 cm³/mol. The summed E-state index contributed by atoms with van der Waals surface area (Å²) in [5.74, 6) is 0.553. The van der Waals surface area contributed by atoms with Gasteiger partial charge >= 0.3 is 0 Å². The van der Waals surface area contributed by atoms with Crippen molar-refractivity contribution in [3.05, 3.63) is 70.7 Å². The van der Waals surface area contributed by atoms with Crippen molar-refractivity contribution in [3.63, 3.8) is 0 Å². The lowest BCUT2D eigenvalue weighted by atomic mass is 9.94. The molecule has 2 aliphatic heterocycles.